The molecule has 0 fully saturated rings. The standard InChI is InChI=1S/C15H14ClN5O2S2/c1-23-11-5-4-9(7-10(11)16)18-13(22)8-25-15-20-19-14(21(15)17)12-3-2-6-24-12/h2-7H,8,17H2,1H3,(H,18,22). The Bertz CT molecular complexity index is 882. The van der Waals surface area contributed by atoms with Crippen molar-refractivity contribution in [2.45, 2.75) is 5.16 Å². The summed E-state index contributed by atoms with van der Waals surface area (Å²) in [5.74, 6) is 7.06. The van der Waals surface area contributed by atoms with Crippen LogP contribution in [0.4, 0.5) is 5.69 Å². The zero-order valence-corrected chi connectivity index (χ0v) is 15.5. The van der Waals surface area contributed by atoms with E-state index in [1.54, 1.807) is 18.2 Å². The van der Waals surface area contributed by atoms with Gasteiger partial charge in [-0.1, -0.05) is 29.4 Å². The summed E-state index contributed by atoms with van der Waals surface area (Å²) in [6.07, 6.45) is 0. The maximum Gasteiger partial charge on any atom is 0.234 e. The monoisotopic (exact) mass is 395 g/mol. The highest BCUT2D eigenvalue weighted by Crippen LogP contribution is 2.28. The molecule has 0 aliphatic rings. The van der Waals surface area contributed by atoms with Crippen molar-refractivity contribution in [3.05, 3.63) is 40.7 Å². The number of thioether (sulfide) groups is 1. The van der Waals surface area contributed by atoms with Gasteiger partial charge in [0, 0.05) is 5.69 Å². The molecular weight excluding hydrogens is 382 g/mol. The molecule has 0 aliphatic carbocycles. The molecule has 0 unspecified atom stereocenters. The average molecular weight is 396 g/mol. The van der Waals surface area contributed by atoms with E-state index in [1.807, 2.05) is 17.5 Å². The molecule has 2 aromatic heterocycles. The Balaban J connectivity index is 1.60. The fourth-order valence-corrected chi connectivity index (χ4v) is 3.64. The maximum absolute atomic E-state index is 12.1. The van der Waals surface area contributed by atoms with Gasteiger partial charge >= 0.3 is 0 Å². The Morgan fingerprint density at radius 2 is 2.28 bits per heavy atom. The Morgan fingerprint density at radius 1 is 1.44 bits per heavy atom. The number of halogens is 1. The molecule has 2 heterocycles. The molecule has 0 radical (unpaired) electrons. The van der Waals surface area contributed by atoms with Gasteiger partial charge in [-0.25, -0.2) is 4.68 Å². The lowest BCUT2D eigenvalue weighted by Gasteiger charge is -2.08. The fourth-order valence-electron chi connectivity index (χ4n) is 2.02. The van der Waals surface area contributed by atoms with Crippen LogP contribution < -0.4 is 15.9 Å². The summed E-state index contributed by atoms with van der Waals surface area (Å²) < 4.78 is 6.46. The van der Waals surface area contributed by atoms with Gasteiger partial charge in [0.15, 0.2) is 5.82 Å². The second-order valence-corrected chi connectivity index (χ2v) is 7.14. The van der Waals surface area contributed by atoms with Gasteiger partial charge in [0.1, 0.15) is 5.75 Å². The number of benzene rings is 1. The molecule has 3 rings (SSSR count). The molecule has 3 N–H and O–H groups in total. The number of aromatic nitrogens is 3. The van der Waals surface area contributed by atoms with Gasteiger partial charge in [-0.05, 0) is 29.6 Å². The molecule has 130 valence electrons. The second kappa shape index (κ2) is 7.77. The van der Waals surface area contributed by atoms with E-state index < -0.39 is 0 Å². The number of rotatable bonds is 6. The van der Waals surface area contributed by atoms with E-state index in [0.29, 0.717) is 27.4 Å². The Kier molecular flexibility index (Phi) is 5.47. The third kappa shape index (κ3) is 4.06. The van der Waals surface area contributed by atoms with Crippen LogP contribution in [0.15, 0.2) is 40.9 Å². The zero-order valence-electron chi connectivity index (χ0n) is 13.1. The first kappa shape index (κ1) is 17.6. The van der Waals surface area contributed by atoms with Gasteiger partial charge in [-0.15, -0.1) is 21.5 Å². The number of anilines is 1. The largest absolute Gasteiger partial charge is 0.495 e. The summed E-state index contributed by atoms with van der Waals surface area (Å²) in [5, 5.41) is 13.7. The molecule has 1 amide bonds. The predicted octanol–water partition coefficient (Wildman–Crippen LogP) is 3.11. The minimum Gasteiger partial charge on any atom is -0.495 e. The van der Waals surface area contributed by atoms with Crippen molar-refractivity contribution in [1.82, 2.24) is 14.9 Å². The summed E-state index contributed by atoms with van der Waals surface area (Å²) in [6, 6.07) is 8.85. The number of hydrogen-bond donors (Lipinski definition) is 2. The molecule has 0 atom stereocenters. The maximum atomic E-state index is 12.1. The highest BCUT2D eigenvalue weighted by Gasteiger charge is 2.14. The van der Waals surface area contributed by atoms with E-state index >= 15 is 0 Å². The first-order valence-electron chi connectivity index (χ1n) is 7.09. The molecule has 0 aliphatic heterocycles. The van der Waals surface area contributed by atoms with E-state index in [4.69, 9.17) is 22.2 Å². The molecule has 7 nitrogen and oxygen atoms in total. The number of nitrogen functional groups attached to an aromatic ring is 1. The topological polar surface area (TPSA) is 95.1 Å². The molecule has 0 spiro atoms. The molecule has 10 heteroatoms. The normalized spacial score (nSPS) is 10.6. The summed E-state index contributed by atoms with van der Waals surface area (Å²) in [4.78, 5) is 13.0. The van der Waals surface area contributed by atoms with Crippen molar-refractivity contribution < 1.29 is 9.53 Å². The van der Waals surface area contributed by atoms with Crippen LogP contribution in [0.3, 0.4) is 0 Å². The van der Waals surface area contributed by atoms with Gasteiger partial charge < -0.3 is 15.9 Å². The van der Waals surface area contributed by atoms with Gasteiger partial charge in [0.05, 0.1) is 22.8 Å². The van der Waals surface area contributed by atoms with Gasteiger partial charge in [0.2, 0.25) is 11.1 Å². The molecule has 0 saturated heterocycles. The smallest absolute Gasteiger partial charge is 0.234 e. The Hall–Kier alpha value is -2.23. The van der Waals surface area contributed by atoms with Crippen LogP contribution in [0.1, 0.15) is 0 Å². The minimum atomic E-state index is -0.202. The van der Waals surface area contributed by atoms with Crippen LogP contribution in [-0.2, 0) is 4.79 Å². The number of methoxy groups -OCH3 is 1. The first-order chi connectivity index (χ1) is 12.1. The number of carbonyl (C=O) groups excluding carboxylic acids is 1. The van der Waals surface area contributed by atoms with Crippen LogP contribution in [0.25, 0.3) is 10.7 Å². The lowest BCUT2D eigenvalue weighted by molar-refractivity contribution is -0.113. The summed E-state index contributed by atoms with van der Waals surface area (Å²) in [6.45, 7) is 0. The molecular formula is C15H14ClN5O2S2. The third-order valence-electron chi connectivity index (χ3n) is 3.17. The third-order valence-corrected chi connectivity index (χ3v) is 5.28. The van der Waals surface area contributed by atoms with Gasteiger partial charge in [-0.3, -0.25) is 4.79 Å². The lowest BCUT2D eigenvalue weighted by atomic mass is 10.3. The van der Waals surface area contributed by atoms with Crippen molar-refractivity contribution in [2.24, 2.45) is 0 Å². The van der Waals surface area contributed by atoms with E-state index in [2.05, 4.69) is 15.5 Å². The number of nitrogens with zero attached hydrogens (tertiary/aromatic N) is 3. The van der Waals surface area contributed by atoms with E-state index in [9.17, 15) is 4.79 Å². The fraction of sp³-hybridized carbons (Fsp3) is 0.133. The van der Waals surface area contributed by atoms with Crippen molar-refractivity contribution in [3.63, 3.8) is 0 Å². The van der Waals surface area contributed by atoms with Crippen LogP contribution in [-0.4, -0.2) is 33.6 Å². The number of hydrogen-bond acceptors (Lipinski definition) is 7. The Labute approximate surface area is 157 Å². The Morgan fingerprint density at radius 3 is 2.96 bits per heavy atom. The van der Waals surface area contributed by atoms with Crippen molar-refractivity contribution in [3.8, 4) is 16.5 Å². The predicted molar refractivity (Wildman–Crippen MR) is 101 cm³/mol. The number of nitrogens with one attached hydrogen (secondary N) is 1. The van der Waals surface area contributed by atoms with Crippen LogP contribution in [0.2, 0.25) is 5.02 Å². The molecule has 0 saturated carbocycles. The summed E-state index contributed by atoms with van der Waals surface area (Å²) in [7, 11) is 1.53. The second-order valence-electron chi connectivity index (χ2n) is 4.84. The van der Waals surface area contributed by atoms with Crippen LogP contribution in [0, 0.1) is 0 Å². The first-order valence-corrected chi connectivity index (χ1v) is 9.33. The average Bonchev–Trinajstić information content (AvgIpc) is 3.23. The van der Waals surface area contributed by atoms with Crippen molar-refractivity contribution in [2.75, 3.05) is 24.0 Å². The SMILES string of the molecule is COc1ccc(NC(=O)CSc2nnc(-c3cccs3)n2N)cc1Cl. The van der Waals surface area contributed by atoms with Crippen molar-refractivity contribution in [1.29, 1.82) is 0 Å². The summed E-state index contributed by atoms with van der Waals surface area (Å²) >= 11 is 8.76. The highest BCUT2D eigenvalue weighted by atomic mass is 35.5. The van der Waals surface area contributed by atoms with Gasteiger partial charge in [-0.2, -0.15) is 0 Å². The van der Waals surface area contributed by atoms with Crippen molar-refractivity contribution >= 4 is 46.3 Å². The molecule has 3 aromatic rings. The highest BCUT2D eigenvalue weighted by molar-refractivity contribution is 7.99. The quantitative estimate of drug-likeness (QED) is 0.492. The number of thiophene rings is 1. The van der Waals surface area contributed by atoms with E-state index in [0.717, 1.165) is 4.88 Å². The lowest BCUT2D eigenvalue weighted by Crippen LogP contribution is -2.16. The zero-order chi connectivity index (χ0) is 17.8. The summed E-state index contributed by atoms with van der Waals surface area (Å²) in [5.41, 5.74) is 0.588. The number of nitrogens with two attached hydrogens (primary N) is 1. The molecule has 0 bridgehead atoms. The van der Waals surface area contributed by atoms with Crippen LogP contribution in [0.5, 0.6) is 5.75 Å². The van der Waals surface area contributed by atoms with Crippen LogP contribution >= 0.6 is 34.7 Å². The van der Waals surface area contributed by atoms with E-state index in [1.165, 1.54) is 34.9 Å². The number of carbonyl (C=O) groups is 1. The van der Waals surface area contributed by atoms with Gasteiger partial charge in [0.25, 0.3) is 0 Å². The number of ether oxygens (including phenoxy) is 1. The number of amides is 1. The minimum absolute atomic E-state index is 0.142. The molecule has 1 aromatic carbocycles. The van der Waals surface area contributed by atoms with E-state index in [-0.39, 0.29) is 11.7 Å². The molecule has 25 heavy (non-hydrogen) atoms.